The Kier molecular flexibility index (Phi) is 5.10. The summed E-state index contributed by atoms with van der Waals surface area (Å²) in [6, 6.07) is 7.50. The van der Waals surface area contributed by atoms with Gasteiger partial charge in [0, 0.05) is 10.4 Å². The Bertz CT molecular complexity index is 566. The third-order valence-electron chi connectivity index (χ3n) is 2.61. The highest BCUT2D eigenvalue weighted by Gasteiger charge is 2.11. The molecular formula is C14H17NO2S2. The lowest BCUT2D eigenvalue weighted by molar-refractivity contribution is 0.0512. The molecule has 1 aromatic carbocycles. The monoisotopic (exact) mass is 295 g/mol. The molecule has 0 unspecified atom stereocenters. The van der Waals surface area contributed by atoms with E-state index in [9.17, 15) is 4.79 Å². The van der Waals surface area contributed by atoms with E-state index in [0.717, 1.165) is 28.0 Å². The zero-order chi connectivity index (χ0) is 13.7. The van der Waals surface area contributed by atoms with Crippen molar-refractivity contribution in [3.05, 3.63) is 29.1 Å². The summed E-state index contributed by atoms with van der Waals surface area (Å²) in [5, 5.41) is 0.999. The van der Waals surface area contributed by atoms with Crippen LogP contribution in [0.2, 0.25) is 0 Å². The molecule has 2 N–H and O–H groups in total. The zero-order valence-electron chi connectivity index (χ0n) is 10.8. The number of rotatable bonds is 6. The first-order valence-corrected chi connectivity index (χ1v) is 8.21. The summed E-state index contributed by atoms with van der Waals surface area (Å²) >= 11 is 3.31. The Balaban J connectivity index is 1.94. The predicted octanol–water partition coefficient (Wildman–Crippen LogP) is 3.78. The van der Waals surface area contributed by atoms with Gasteiger partial charge in [-0.05, 0) is 47.6 Å². The van der Waals surface area contributed by atoms with Crippen LogP contribution in [0, 0.1) is 0 Å². The van der Waals surface area contributed by atoms with E-state index in [0.29, 0.717) is 17.2 Å². The molecule has 2 rings (SSSR count). The molecule has 0 bridgehead atoms. The fourth-order valence-electron chi connectivity index (χ4n) is 1.70. The standard InChI is InChI=1S/C14H17NO2S2/c1-2-18-7-3-6-17-14(16)13-9-10-8-11(15)4-5-12(10)19-13/h4-5,8-9H,2-3,6-7,15H2,1H3. The number of carbonyl (C=O) groups is 1. The molecule has 102 valence electrons. The molecule has 0 aliphatic heterocycles. The summed E-state index contributed by atoms with van der Waals surface area (Å²) in [5.74, 6) is 1.90. The molecule has 0 saturated carbocycles. The molecule has 0 atom stereocenters. The lowest BCUT2D eigenvalue weighted by Gasteiger charge is -2.02. The van der Waals surface area contributed by atoms with Gasteiger partial charge in [0.2, 0.25) is 0 Å². The second-order valence-electron chi connectivity index (χ2n) is 4.09. The summed E-state index contributed by atoms with van der Waals surface area (Å²) in [4.78, 5) is 12.5. The minimum atomic E-state index is -0.235. The average Bonchev–Trinajstić information content (AvgIpc) is 2.81. The van der Waals surface area contributed by atoms with Crippen molar-refractivity contribution in [2.24, 2.45) is 0 Å². The normalized spacial score (nSPS) is 10.8. The van der Waals surface area contributed by atoms with Crippen molar-refractivity contribution in [2.45, 2.75) is 13.3 Å². The van der Waals surface area contributed by atoms with Crippen molar-refractivity contribution in [3.8, 4) is 0 Å². The number of hydrogen-bond acceptors (Lipinski definition) is 5. The van der Waals surface area contributed by atoms with E-state index in [1.807, 2.05) is 36.0 Å². The molecule has 0 aliphatic rings. The Labute approximate surface area is 121 Å². The van der Waals surface area contributed by atoms with Crippen molar-refractivity contribution in [1.29, 1.82) is 0 Å². The summed E-state index contributed by atoms with van der Waals surface area (Å²) in [7, 11) is 0. The van der Waals surface area contributed by atoms with E-state index in [4.69, 9.17) is 10.5 Å². The second-order valence-corrected chi connectivity index (χ2v) is 6.57. The van der Waals surface area contributed by atoms with Gasteiger partial charge in [0.1, 0.15) is 4.88 Å². The van der Waals surface area contributed by atoms with Gasteiger partial charge in [0.15, 0.2) is 0 Å². The minimum Gasteiger partial charge on any atom is -0.461 e. The van der Waals surface area contributed by atoms with Crippen molar-refractivity contribution >= 4 is 44.8 Å². The van der Waals surface area contributed by atoms with Gasteiger partial charge in [0.05, 0.1) is 6.61 Å². The van der Waals surface area contributed by atoms with Gasteiger partial charge in [-0.3, -0.25) is 0 Å². The SMILES string of the molecule is CCSCCCOC(=O)c1cc2cc(N)ccc2s1. The number of thiophene rings is 1. The largest absolute Gasteiger partial charge is 0.461 e. The van der Waals surface area contributed by atoms with Crippen LogP contribution in [0.4, 0.5) is 5.69 Å². The number of esters is 1. The quantitative estimate of drug-likeness (QED) is 0.500. The highest BCUT2D eigenvalue weighted by Crippen LogP contribution is 2.27. The Morgan fingerprint density at radius 3 is 3.05 bits per heavy atom. The van der Waals surface area contributed by atoms with Crippen LogP contribution in [0.5, 0.6) is 0 Å². The summed E-state index contributed by atoms with van der Waals surface area (Å²) in [5.41, 5.74) is 6.43. The molecule has 1 aromatic heterocycles. The van der Waals surface area contributed by atoms with E-state index in [-0.39, 0.29) is 5.97 Å². The van der Waals surface area contributed by atoms with Crippen LogP contribution in [0.25, 0.3) is 10.1 Å². The van der Waals surface area contributed by atoms with Crippen molar-refractivity contribution in [1.82, 2.24) is 0 Å². The smallest absolute Gasteiger partial charge is 0.348 e. The first-order chi connectivity index (χ1) is 9.20. The zero-order valence-corrected chi connectivity index (χ0v) is 12.5. The molecule has 2 aromatic rings. The number of thioether (sulfide) groups is 1. The maximum Gasteiger partial charge on any atom is 0.348 e. The van der Waals surface area contributed by atoms with Crippen molar-refractivity contribution < 1.29 is 9.53 Å². The molecule has 1 heterocycles. The molecule has 0 aliphatic carbocycles. The van der Waals surface area contributed by atoms with E-state index >= 15 is 0 Å². The number of hydrogen-bond donors (Lipinski definition) is 1. The van der Waals surface area contributed by atoms with Crippen LogP contribution in [0.15, 0.2) is 24.3 Å². The first kappa shape index (κ1) is 14.2. The van der Waals surface area contributed by atoms with Crippen LogP contribution in [-0.4, -0.2) is 24.1 Å². The van der Waals surface area contributed by atoms with Crippen LogP contribution in [-0.2, 0) is 4.74 Å². The van der Waals surface area contributed by atoms with Gasteiger partial charge >= 0.3 is 5.97 Å². The van der Waals surface area contributed by atoms with Gasteiger partial charge in [-0.25, -0.2) is 4.79 Å². The van der Waals surface area contributed by atoms with Crippen molar-refractivity contribution in [3.63, 3.8) is 0 Å². The minimum absolute atomic E-state index is 0.235. The fraction of sp³-hybridized carbons (Fsp3) is 0.357. The summed E-state index contributed by atoms with van der Waals surface area (Å²) in [6.07, 6.45) is 0.905. The Hall–Kier alpha value is -1.20. The van der Waals surface area contributed by atoms with E-state index in [2.05, 4.69) is 6.92 Å². The summed E-state index contributed by atoms with van der Waals surface area (Å²) in [6.45, 7) is 2.61. The molecule has 3 nitrogen and oxygen atoms in total. The number of carbonyl (C=O) groups excluding carboxylic acids is 1. The molecule has 0 saturated heterocycles. The highest BCUT2D eigenvalue weighted by atomic mass is 32.2. The molecule has 0 spiro atoms. The van der Waals surface area contributed by atoms with Gasteiger partial charge < -0.3 is 10.5 Å². The highest BCUT2D eigenvalue weighted by molar-refractivity contribution is 7.99. The fourth-order valence-corrected chi connectivity index (χ4v) is 3.25. The van der Waals surface area contributed by atoms with Crippen LogP contribution < -0.4 is 5.73 Å². The van der Waals surface area contributed by atoms with Crippen molar-refractivity contribution in [2.75, 3.05) is 23.8 Å². The maximum absolute atomic E-state index is 11.9. The van der Waals surface area contributed by atoms with E-state index in [1.165, 1.54) is 11.3 Å². The molecule has 0 amide bonds. The summed E-state index contributed by atoms with van der Waals surface area (Å²) < 4.78 is 6.32. The van der Waals surface area contributed by atoms with Crippen LogP contribution in [0.3, 0.4) is 0 Å². The van der Waals surface area contributed by atoms with Gasteiger partial charge in [-0.1, -0.05) is 6.92 Å². The van der Waals surface area contributed by atoms with Gasteiger partial charge in [0.25, 0.3) is 0 Å². The van der Waals surface area contributed by atoms with Gasteiger partial charge in [-0.2, -0.15) is 11.8 Å². The molecular weight excluding hydrogens is 278 g/mol. The molecule has 0 fully saturated rings. The molecule has 5 heteroatoms. The van der Waals surface area contributed by atoms with E-state index in [1.54, 1.807) is 0 Å². The molecule has 19 heavy (non-hydrogen) atoms. The third kappa shape index (κ3) is 3.88. The maximum atomic E-state index is 11.9. The number of ether oxygens (including phenoxy) is 1. The number of fused-ring (bicyclic) bond motifs is 1. The Morgan fingerprint density at radius 2 is 2.26 bits per heavy atom. The van der Waals surface area contributed by atoms with Gasteiger partial charge in [-0.15, -0.1) is 11.3 Å². The third-order valence-corrected chi connectivity index (χ3v) is 4.69. The van der Waals surface area contributed by atoms with E-state index < -0.39 is 0 Å². The number of nitrogens with two attached hydrogens (primary N) is 1. The Morgan fingerprint density at radius 1 is 1.42 bits per heavy atom. The molecule has 0 radical (unpaired) electrons. The number of anilines is 1. The number of benzene rings is 1. The van der Waals surface area contributed by atoms with Crippen LogP contribution >= 0.6 is 23.1 Å². The lowest BCUT2D eigenvalue weighted by Crippen LogP contribution is -2.05. The number of nitrogen functional groups attached to an aromatic ring is 1. The lowest BCUT2D eigenvalue weighted by atomic mass is 10.2. The predicted molar refractivity (Wildman–Crippen MR) is 84.1 cm³/mol. The second kappa shape index (κ2) is 6.82. The topological polar surface area (TPSA) is 52.3 Å². The van der Waals surface area contributed by atoms with Crippen LogP contribution in [0.1, 0.15) is 23.0 Å². The average molecular weight is 295 g/mol. The first-order valence-electron chi connectivity index (χ1n) is 6.24.